The molecular formula is C26H23N5O3. The molecule has 0 aliphatic carbocycles. The Labute approximate surface area is 196 Å². The van der Waals surface area contributed by atoms with Crippen molar-refractivity contribution in [3.05, 3.63) is 96.2 Å². The molecule has 2 aromatic carbocycles. The van der Waals surface area contributed by atoms with Crippen molar-refractivity contribution in [2.45, 2.75) is 13.0 Å². The van der Waals surface area contributed by atoms with Crippen LogP contribution in [0.1, 0.15) is 33.0 Å². The molecular weight excluding hydrogens is 430 g/mol. The van der Waals surface area contributed by atoms with Gasteiger partial charge in [-0.1, -0.05) is 18.2 Å². The van der Waals surface area contributed by atoms with Crippen LogP contribution >= 0.6 is 0 Å². The van der Waals surface area contributed by atoms with E-state index in [9.17, 15) is 14.4 Å². The van der Waals surface area contributed by atoms with Crippen LogP contribution in [0.2, 0.25) is 0 Å². The van der Waals surface area contributed by atoms with Gasteiger partial charge in [0.25, 0.3) is 5.91 Å². The van der Waals surface area contributed by atoms with Crippen molar-refractivity contribution >= 4 is 34.2 Å². The number of Topliss-reactive ketones (excluding diaryl/α,β-unsaturated/α-hetero) is 1. The van der Waals surface area contributed by atoms with Gasteiger partial charge in [-0.2, -0.15) is 0 Å². The van der Waals surface area contributed by atoms with Crippen molar-refractivity contribution in [3.8, 4) is 0 Å². The third kappa shape index (κ3) is 5.12. The first-order chi connectivity index (χ1) is 16.4. The molecule has 0 saturated carbocycles. The van der Waals surface area contributed by atoms with Crippen LogP contribution < -0.4 is 4.90 Å². The predicted octanol–water partition coefficient (Wildman–Crippen LogP) is 3.53. The molecule has 0 aliphatic heterocycles. The molecule has 8 heteroatoms. The van der Waals surface area contributed by atoms with Crippen LogP contribution in [0, 0.1) is 0 Å². The van der Waals surface area contributed by atoms with Crippen molar-refractivity contribution in [1.82, 2.24) is 19.9 Å². The van der Waals surface area contributed by atoms with Crippen molar-refractivity contribution < 1.29 is 14.4 Å². The zero-order chi connectivity index (χ0) is 24.1. The Morgan fingerprint density at radius 1 is 0.824 bits per heavy atom. The number of rotatable bonds is 7. The second-order valence-corrected chi connectivity index (χ2v) is 7.93. The molecule has 2 heterocycles. The van der Waals surface area contributed by atoms with Crippen molar-refractivity contribution in [2.24, 2.45) is 0 Å². The minimum atomic E-state index is -0.473. The number of hydrogen-bond acceptors (Lipinski definition) is 6. The van der Waals surface area contributed by atoms with E-state index in [2.05, 4.69) is 15.0 Å². The molecule has 2 amide bonds. The van der Waals surface area contributed by atoms with Crippen LogP contribution in [-0.2, 0) is 11.3 Å². The first-order valence-corrected chi connectivity index (χ1v) is 10.7. The third-order valence-corrected chi connectivity index (χ3v) is 5.25. The van der Waals surface area contributed by atoms with E-state index in [0.717, 1.165) is 16.5 Å². The van der Waals surface area contributed by atoms with Gasteiger partial charge in [0.2, 0.25) is 11.7 Å². The van der Waals surface area contributed by atoms with Crippen molar-refractivity contribution in [1.29, 1.82) is 0 Å². The van der Waals surface area contributed by atoms with Crippen LogP contribution in [0.3, 0.4) is 0 Å². The summed E-state index contributed by atoms with van der Waals surface area (Å²) >= 11 is 0. The summed E-state index contributed by atoms with van der Waals surface area (Å²) in [5.74, 6) is -1.08. The highest BCUT2D eigenvalue weighted by Crippen LogP contribution is 2.23. The smallest absolute Gasteiger partial charge is 0.253 e. The summed E-state index contributed by atoms with van der Waals surface area (Å²) < 4.78 is 0. The Morgan fingerprint density at radius 2 is 1.59 bits per heavy atom. The molecule has 0 aliphatic rings. The van der Waals surface area contributed by atoms with Gasteiger partial charge in [0.15, 0.2) is 5.82 Å². The van der Waals surface area contributed by atoms with E-state index in [1.54, 1.807) is 50.6 Å². The molecule has 2 aromatic heterocycles. The van der Waals surface area contributed by atoms with Crippen LogP contribution in [-0.4, -0.2) is 51.5 Å². The van der Waals surface area contributed by atoms with Gasteiger partial charge in [-0.25, -0.2) is 9.97 Å². The summed E-state index contributed by atoms with van der Waals surface area (Å²) in [4.78, 5) is 53.7. The minimum absolute atomic E-state index is 0.0101. The average molecular weight is 454 g/mol. The van der Waals surface area contributed by atoms with Gasteiger partial charge < -0.3 is 9.80 Å². The lowest BCUT2D eigenvalue weighted by Gasteiger charge is -2.24. The Morgan fingerprint density at radius 3 is 2.35 bits per heavy atom. The monoisotopic (exact) mass is 453 g/mol. The van der Waals surface area contributed by atoms with Gasteiger partial charge >= 0.3 is 0 Å². The van der Waals surface area contributed by atoms with E-state index in [1.807, 2.05) is 30.3 Å². The van der Waals surface area contributed by atoms with Crippen molar-refractivity contribution in [3.63, 3.8) is 0 Å². The van der Waals surface area contributed by atoms with E-state index in [1.165, 1.54) is 22.2 Å². The van der Waals surface area contributed by atoms with Crippen molar-refractivity contribution in [2.75, 3.05) is 19.0 Å². The zero-order valence-electron chi connectivity index (χ0n) is 18.9. The summed E-state index contributed by atoms with van der Waals surface area (Å²) in [5, 5.41) is 0.942. The van der Waals surface area contributed by atoms with E-state index in [-0.39, 0.29) is 18.3 Å². The predicted molar refractivity (Wildman–Crippen MR) is 128 cm³/mol. The normalized spacial score (nSPS) is 10.6. The van der Waals surface area contributed by atoms with E-state index in [0.29, 0.717) is 11.3 Å². The lowest BCUT2D eigenvalue weighted by atomic mass is 10.1. The number of ketones is 1. The largest absolute Gasteiger partial charge is 0.345 e. The van der Waals surface area contributed by atoms with Crippen LogP contribution in [0.25, 0.3) is 10.9 Å². The molecule has 34 heavy (non-hydrogen) atoms. The number of carbonyl (C=O) groups excluding carboxylic acids is 3. The van der Waals surface area contributed by atoms with E-state index < -0.39 is 18.1 Å². The maximum atomic E-state index is 13.4. The quantitative estimate of drug-likeness (QED) is 0.314. The van der Waals surface area contributed by atoms with Gasteiger partial charge in [-0.3, -0.25) is 19.4 Å². The van der Waals surface area contributed by atoms with Crippen LogP contribution in [0.5, 0.6) is 0 Å². The summed E-state index contributed by atoms with van der Waals surface area (Å²) in [6.07, 6.45) is 4.25. The maximum Gasteiger partial charge on any atom is 0.253 e. The summed E-state index contributed by atoms with van der Waals surface area (Å²) in [7, 11) is 3.33. The highest BCUT2D eigenvalue weighted by molar-refractivity contribution is 6.10. The zero-order valence-corrected chi connectivity index (χ0v) is 18.9. The van der Waals surface area contributed by atoms with Gasteiger partial charge in [0.1, 0.15) is 0 Å². The number of carbonyl (C=O) groups is 3. The Kier molecular flexibility index (Phi) is 6.68. The molecule has 0 fully saturated rings. The second-order valence-electron chi connectivity index (χ2n) is 7.93. The molecule has 8 nitrogen and oxygen atoms in total. The summed E-state index contributed by atoms with van der Waals surface area (Å²) in [6, 6.07) is 18.0. The highest BCUT2D eigenvalue weighted by atomic mass is 16.2. The van der Waals surface area contributed by atoms with Gasteiger partial charge in [-0.15, -0.1) is 0 Å². The number of anilines is 1. The maximum absolute atomic E-state index is 13.4. The number of fused-ring (bicyclic) bond motifs is 1. The number of amides is 2. The van der Waals surface area contributed by atoms with Crippen LogP contribution in [0.15, 0.2) is 79.3 Å². The fraction of sp³-hybridized carbons (Fsp3) is 0.154. The van der Waals surface area contributed by atoms with Gasteiger partial charge in [-0.05, 0) is 48.0 Å². The topological polar surface area (TPSA) is 96.4 Å². The molecule has 0 atom stereocenters. The van der Waals surface area contributed by atoms with Gasteiger partial charge in [0, 0.05) is 49.3 Å². The number of nitrogens with zero attached hydrogens (tertiary/aromatic N) is 5. The molecule has 0 radical (unpaired) electrons. The third-order valence-electron chi connectivity index (χ3n) is 5.25. The Bertz CT molecular complexity index is 1350. The standard InChI is InChI=1S/C26H23N5O3/c1-30(2)26(34)20-6-3-8-21(15-20)31(24(33)16-23(32)25-28-12-5-13-29-25)17-18-9-10-22-19(14-18)7-4-11-27-22/h3-15H,16-17H2,1-2H3. The summed E-state index contributed by atoms with van der Waals surface area (Å²) in [6.45, 7) is 0.214. The van der Waals surface area contributed by atoms with E-state index in [4.69, 9.17) is 0 Å². The highest BCUT2D eigenvalue weighted by Gasteiger charge is 2.23. The minimum Gasteiger partial charge on any atom is -0.345 e. The van der Waals surface area contributed by atoms with Gasteiger partial charge in [0.05, 0.1) is 18.5 Å². The first kappa shape index (κ1) is 22.7. The molecule has 0 saturated heterocycles. The molecule has 4 aromatic rings. The number of pyridine rings is 1. The lowest BCUT2D eigenvalue weighted by Crippen LogP contribution is -2.32. The lowest BCUT2D eigenvalue weighted by molar-refractivity contribution is -0.117. The molecule has 170 valence electrons. The molecule has 4 rings (SSSR count). The summed E-state index contributed by atoms with van der Waals surface area (Å²) in [5.41, 5.74) is 2.67. The Hall–Kier alpha value is -4.46. The second kappa shape index (κ2) is 9.99. The molecule has 0 spiro atoms. The number of hydrogen-bond donors (Lipinski definition) is 0. The molecule has 0 unspecified atom stereocenters. The first-order valence-electron chi connectivity index (χ1n) is 10.7. The number of benzene rings is 2. The van der Waals surface area contributed by atoms with E-state index >= 15 is 0 Å². The molecule has 0 bridgehead atoms. The SMILES string of the molecule is CN(C)C(=O)c1cccc(N(Cc2ccc3ncccc3c2)C(=O)CC(=O)c2ncccn2)c1. The fourth-order valence-corrected chi connectivity index (χ4v) is 3.55. The van der Waals surface area contributed by atoms with Crippen LogP contribution in [0.4, 0.5) is 5.69 Å². The number of aromatic nitrogens is 3. The molecule has 0 N–H and O–H groups in total. The average Bonchev–Trinajstić information content (AvgIpc) is 2.87. The fourth-order valence-electron chi connectivity index (χ4n) is 3.55. The Balaban J connectivity index is 1.68.